The van der Waals surface area contributed by atoms with Crippen LogP contribution in [0.3, 0.4) is 0 Å². The van der Waals surface area contributed by atoms with Crippen LogP contribution < -0.4 is 4.74 Å². The minimum atomic E-state index is -1.06. The van der Waals surface area contributed by atoms with Gasteiger partial charge >= 0.3 is 11.7 Å². The summed E-state index contributed by atoms with van der Waals surface area (Å²) < 4.78 is 4.98. The van der Waals surface area contributed by atoms with Crippen molar-refractivity contribution in [1.82, 2.24) is 0 Å². The molecule has 0 aromatic heterocycles. The van der Waals surface area contributed by atoms with Crippen molar-refractivity contribution in [2.75, 3.05) is 6.61 Å². The molecule has 0 amide bonds. The highest BCUT2D eigenvalue weighted by Crippen LogP contribution is 2.35. The molecule has 92 valence electrons. The van der Waals surface area contributed by atoms with Crippen LogP contribution in [0.25, 0.3) is 0 Å². The molecule has 8 heteroatoms. The first kappa shape index (κ1) is 13.5. The molecule has 6 nitrogen and oxygen atoms in total. The van der Waals surface area contributed by atoms with E-state index in [1.165, 1.54) is 6.07 Å². The highest BCUT2D eigenvalue weighted by molar-refractivity contribution is 6.42. The Kier molecular flexibility index (Phi) is 4.53. The van der Waals surface area contributed by atoms with Crippen molar-refractivity contribution in [3.05, 3.63) is 32.3 Å². The van der Waals surface area contributed by atoms with Gasteiger partial charge < -0.3 is 9.84 Å². The third kappa shape index (κ3) is 3.76. The lowest BCUT2D eigenvalue weighted by Gasteiger charge is -2.06. The van der Waals surface area contributed by atoms with Gasteiger partial charge in [-0.2, -0.15) is 0 Å². The quantitative estimate of drug-likeness (QED) is 0.661. The average Bonchev–Trinajstić information content (AvgIpc) is 2.22. The van der Waals surface area contributed by atoms with E-state index in [-0.39, 0.29) is 34.5 Å². The predicted molar refractivity (Wildman–Crippen MR) is 60.9 cm³/mol. The number of nitro groups is 1. The molecule has 0 atom stereocenters. The molecular formula is C9H7Cl2NO5. The average molecular weight is 280 g/mol. The smallest absolute Gasteiger partial charge is 0.312 e. The van der Waals surface area contributed by atoms with Gasteiger partial charge in [-0.25, -0.2) is 0 Å². The van der Waals surface area contributed by atoms with Crippen LogP contribution in [0.1, 0.15) is 6.42 Å². The normalized spacial score (nSPS) is 10.0. The number of aliphatic carboxylic acids is 1. The number of hydrogen-bond acceptors (Lipinski definition) is 4. The maximum atomic E-state index is 10.7. The Morgan fingerprint density at radius 1 is 1.41 bits per heavy atom. The van der Waals surface area contributed by atoms with Gasteiger partial charge in [0, 0.05) is 12.1 Å². The molecule has 0 aliphatic heterocycles. The number of nitro benzene ring substituents is 1. The highest BCUT2D eigenvalue weighted by Gasteiger charge is 2.18. The molecule has 1 N–H and O–H groups in total. The Hall–Kier alpha value is -1.53. The summed E-state index contributed by atoms with van der Waals surface area (Å²) in [4.78, 5) is 20.3. The van der Waals surface area contributed by atoms with Crippen LogP contribution in [0.2, 0.25) is 10.0 Å². The first-order valence-electron chi connectivity index (χ1n) is 4.40. The number of nitrogens with zero attached hydrogens (tertiary/aromatic N) is 1. The van der Waals surface area contributed by atoms with Gasteiger partial charge in [0.1, 0.15) is 0 Å². The van der Waals surface area contributed by atoms with Crippen LogP contribution >= 0.6 is 23.2 Å². The van der Waals surface area contributed by atoms with Gasteiger partial charge in [0.2, 0.25) is 0 Å². The maximum absolute atomic E-state index is 10.7. The molecule has 17 heavy (non-hydrogen) atoms. The molecule has 0 saturated carbocycles. The van der Waals surface area contributed by atoms with Crippen LogP contribution in [0.4, 0.5) is 5.69 Å². The topological polar surface area (TPSA) is 89.7 Å². The molecule has 0 bridgehead atoms. The summed E-state index contributed by atoms with van der Waals surface area (Å²) in [6.45, 7) is -0.186. The Balaban J connectivity index is 2.92. The zero-order valence-electron chi connectivity index (χ0n) is 8.35. The highest BCUT2D eigenvalue weighted by atomic mass is 35.5. The molecule has 0 spiro atoms. The van der Waals surface area contributed by atoms with Crippen LogP contribution in [0.15, 0.2) is 12.1 Å². The molecule has 0 saturated heterocycles. The molecule has 1 aromatic rings. The first-order valence-corrected chi connectivity index (χ1v) is 5.15. The molecule has 0 aliphatic carbocycles. The summed E-state index contributed by atoms with van der Waals surface area (Å²) in [5, 5.41) is 19.2. The number of carbonyl (C=O) groups is 1. The van der Waals surface area contributed by atoms with Gasteiger partial charge in [-0.1, -0.05) is 23.2 Å². The Morgan fingerprint density at radius 2 is 2.00 bits per heavy atom. The number of rotatable bonds is 5. The monoisotopic (exact) mass is 279 g/mol. The van der Waals surface area contributed by atoms with E-state index < -0.39 is 10.9 Å². The summed E-state index contributed by atoms with van der Waals surface area (Å²) in [6, 6.07) is 2.24. The van der Waals surface area contributed by atoms with Crippen LogP contribution in [0.5, 0.6) is 5.75 Å². The number of halogens is 2. The third-order valence-electron chi connectivity index (χ3n) is 1.77. The molecule has 0 fully saturated rings. The summed E-state index contributed by atoms with van der Waals surface area (Å²) >= 11 is 11.3. The minimum Gasteiger partial charge on any atom is -0.486 e. The molecule has 0 heterocycles. The first-order chi connectivity index (χ1) is 7.91. The van der Waals surface area contributed by atoms with Gasteiger partial charge in [0.05, 0.1) is 28.0 Å². The van der Waals surface area contributed by atoms with E-state index in [2.05, 4.69) is 0 Å². The second-order valence-electron chi connectivity index (χ2n) is 2.98. The fraction of sp³-hybridized carbons (Fsp3) is 0.222. The zero-order valence-corrected chi connectivity index (χ0v) is 9.86. The van der Waals surface area contributed by atoms with Crippen molar-refractivity contribution in [3.8, 4) is 5.75 Å². The fourth-order valence-corrected chi connectivity index (χ4v) is 1.34. The van der Waals surface area contributed by atoms with Crippen molar-refractivity contribution in [2.24, 2.45) is 0 Å². The Bertz CT molecular complexity index is 463. The molecule has 0 unspecified atom stereocenters. The summed E-state index contributed by atoms with van der Waals surface area (Å²) in [5.74, 6) is -1.17. The Labute approximate surface area is 106 Å². The molecular weight excluding hydrogens is 273 g/mol. The van der Waals surface area contributed by atoms with Crippen molar-refractivity contribution in [3.63, 3.8) is 0 Å². The largest absolute Gasteiger partial charge is 0.486 e. The molecule has 0 aliphatic rings. The second-order valence-corrected chi connectivity index (χ2v) is 3.80. The van der Waals surface area contributed by atoms with E-state index in [0.717, 1.165) is 6.07 Å². The lowest BCUT2D eigenvalue weighted by atomic mass is 10.3. The fourth-order valence-electron chi connectivity index (χ4n) is 1.02. The van der Waals surface area contributed by atoms with Crippen LogP contribution in [-0.2, 0) is 4.79 Å². The van der Waals surface area contributed by atoms with Crippen LogP contribution in [-0.4, -0.2) is 22.6 Å². The summed E-state index contributed by atoms with van der Waals surface area (Å²) in [5.41, 5.74) is -0.357. The van der Waals surface area contributed by atoms with Gasteiger partial charge in [-0.15, -0.1) is 0 Å². The standard InChI is InChI=1S/C9H7Cl2NO5/c10-5-3-7(12(15)16)8(4-6(5)11)17-2-1-9(13)14/h3-4H,1-2H2,(H,13,14). The lowest BCUT2D eigenvalue weighted by Crippen LogP contribution is -2.06. The van der Waals surface area contributed by atoms with E-state index in [0.29, 0.717) is 0 Å². The van der Waals surface area contributed by atoms with Gasteiger partial charge in [-0.3, -0.25) is 14.9 Å². The van der Waals surface area contributed by atoms with E-state index in [1.807, 2.05) is 0 Å². The number of ether oxygens (including phenoxy) is 1. The minimum absolute atomic E-state index is 0.0314. The van der Waals surface area contributed by atoms with Crippen molar-refractivity contribution in [2.45, 2.75) is 6.42 Å². The van der Waals surface area contributed by atoms with Gasteiger partial charge in [0.15, 0.2) is 5.75 Å². The van der Waals surface area contributed by atoms with E-state index >= 15 is 0 Å². The number of hydrogen-bond donors (Lipinski definition) is 1. The van der Waals surface area contributed by atoms with Gasteiger partial charge in [0.25, 0.3) is 0 Å². The van der Waals surface area contributed by atoms with E-state index in [1.54, 1.807) is 0 Å². The van der Waals surface area contributed by atoms with E-state index in [9.17, 15) is 14.9 Å². The molecule has 1 rings (SSSR count). The Morgan fingerprint density at radius 3 is 2.53 bits per heavy atom. The molecule has 0 radical (unpaired) electrons. The third-order valence-corrected chi connectivity index (χ3v) is 2.49. The van der Waals surface area contributed by atoms with Crippen molar-refractivity contribution in [1.29, 1.82) is 0 Å². The number of benzene rings is 1. The van der Waals surface area contributed by atoms with Crippen molar-refractivity contribution < 1.29 is 19.6 Å². The zero-order chi connectivity index (χ0) is 13.0. The summed E-state index contributed by atoms with van der Waals surface area (Å²) in [6.07, 6.45) is -0.266. The number of carboxylic acids is 1. The predicted octanol–water partition coefficient (Wildman–Crippen LogP) is 2.76. The SMILES string of the molecule is O=C(O)CCOc1cc(Cl)c(Cl)cc1[N+](=O)[O-]. The van der Waals surface area contributed by atoms with E-state index in [4.69, 9.17) is 33.0 Å². The van der Waals surface area contributed by atoms with Crippen molar-refractivity contribution >= 4 is 34.9 Å². The van der Waals surface area contributed by atoms with Crippen LogP contribution in [0, 0.1) is 10.1 Å². The molecule has 1 aromatic carbocycles. The second kappa shape index (κ2) is 5.70. The summed E-state index contributed by atoms with van der Waals surface area (Å²) in [7, 11) is 0. The number of carboxylic acid groups (broad SMARTS) is 1. The lowest BCUT2D eigenvalue weighted by molar-refractivity contribution is -0.385. The van der Waals surface area contributed by atoms with Gasteiger partial charge in [-0.05, 0) is 0 Å². The maximum Gasteiger partial charge on any atom is 0.312 e.